The molecule has 1 unspecified atom stereocenters. The molecule has 1 aliphatic heterocycles. The van der Waals surface area contributed by atoms with E-state index in [1.54, 1.807) is 16.8 Å². The van der Waals surface area contributed by atoms with Gasteiger partial charge in [-0.3, -0.25) is 4.79 Å². The first-order valence-corrected chi connectivity index (χ1v) is 8.95. The van der Waals surface area contributed by atoms with E-state index in [-0.39, 0.29) is 11.3 Å². The minimum absolute atomic E-state index is 0.0899. The number of carbonyl (C=O) groups is 1. The fourth-order valence-electron chi connectivity index (χ4n) is 2.73. The van der Waals surface area contributed by atoms with E-state index >= 15 is 0 Å². The van der Waals surface area contributed by atoms with Crippen LogP contribution in [0.4, 0.5) is 0 Å². The Morgan fingerprint density at radius 1 is 0.800 bits per heavy atom. The van der Waals surface area contributed by atoms with E-state index in [2.05, 4.69) is 5.10 Å². The second-order valence-electron chi connectivity index (χ2n) is 5.67. The lowest BCUT2D eigenvalue weighted by Crippen LogP contribution is -2.25. The van der Waals surface area contributed by atoms with Gasteiger partial charge in [-0.25, -0.2) is 5.01 Å². The molecule has 1 amide bonds. The highest BCUT2D eigenvalue weighted by Gasteiger charge is 2.34. The Labute approximate surface area is 151 Å². The molecular weight excluding hydrogens is 328 g/mol. The van der Waals surface area contributed by atoms with Gasteiger partial charge in [-0.2, -0.15) is 5.10 Å². The summed E-state index contributed by atoms with van der Waals surface area (Å²) >= 11 is 1.60. The standard InChI is InChI=1S/C21H16N2OS/c24-20(17-12-6-2-7-13-17)23-21(18-14-8-3-9-15-18)25-19(22-23)16-10-4-1-5-11-16/h1-15,21H. The maximum absolute atomic E-state index is 13.0. The highest BCUT2D eigenvalue weighted by Crippen LogP contribution is 2.41. The van der Waals surface area contributed by atoms with Gasteiger partial charge in [0.1, 0.15) is 10.4 Å². The van der Waals surface area contributed by atoms with Gasteiger partial charge in [0.05, 0.1) is 0 Å². The molecule has 0 aromatic heterocycles. The van der Waals surface area contributed by atoms with E-state index < -0.39 is 0 Å². The number of hydrogen-bond acceptors (Lipinski definition) is 3. The van der Waals surface area contributed by atoms with Crippen molar-refractivity contribution in [2.24, 2.45) is 5.10 Å². The summed E-state index contributed by atoms with van der Waals surface area (Å²) in [5.41, 5.74) is 2.73. The second-order valence-corrected chi connectivity index (χ2v) is 6.74. The Morgan fingerprint density at radius 2 is 1.36 bits per heavy atom. The number of hydrazone groups is 1. The van der Waals surface area contributed by atoms with Crippen molar-refractivity contribution in [2.75, 3.05) is 0 Å². The molecule has 0 N–H and O–H groups in total. The fourth-order valence-corrected chi connectivity index (χ4v) is 3.88. The smallest absolute Gasteiger partial charge is 0.267 e. The summed E-state index contributed by atoms with van der Waals surface area (Å²) in [5.74, 6) is -0.0899. The minimum atomic E-state index is -0.163. The molecule has 0 saturated heterocycles. The van der Waals surface area contributed by atoms with Crippen LogP contribution < -0.4 is 0 Å². The van der Waals surface area contributed by atoms with Crippen LogP contribution in [0.3, 0.4) is 0 Å². The normalized spacial score (nSPS) is 16.6. The third-order valence-corrected chi connectivity index (χ3v) is 5.21. The predicted molar refractivity (Wildman–Crippen MR) is 102 cm³/mol. The molecule has 122 valence electrons. The second kappa shape index (κ2) is 6.95. The minimum Gasteiger partial charge on any atom is -0.267 e. The molecule has 0 aliphatic carbocycles. The van der Waals surface area contributed by atoms with Crippen LogP contribution in [0.2, 0.25) is 0 Å². The van der Waals surface area contributed by atoms with Gasteiger partial charge in [0.15, 0.2) is 0 Å². The highest BCUT2D eigenvalue weighted by atomic mass is 32.2. The van der Waals surface area contributed by atoms with Gasteiger partial charge in [0.2, 0.25) is 0 Å². The molecule has 0 bridgehead atoms. The molecule has 0 saturated carbocycles. The van der Waals surface area contributed by atoms with Crippen molar-refractivity contribution in [3.05, 3.63) is 108 Å². The first kappa shape index (κ1) is 15.7. The van der Waals surface area contributed by atoms with Gasteiger partial charge in [0.25, 0.3) is 5.91 Å². The van der Waals surface area contributed by atoms with Gasteiger partial charge in [-0.1, -0.05) is 90.6 Å². The van der Waals surface area contributed by atoms with Gasteiger partial charge < -0.3 is 0 Å². The van der Waals surface area contributed by atoms with Crippen molar-refractivity contribution >= 4 is 22.7 Å². The molecule has 1 heterocycles. The highest BCUT2D eigenvalue weighted by molar-refractivity contribution is 8.14. The average Bonchev–Trinajstić information content (AvgIpc) is 3.15. The topological polar surface area (TPSA) is 32.7 Å². The molecule has 3 aromatic rings. The fraction of sp³-hybridized carbons (Fsp3) is 0.0476. The van der Waals surface area contributed by atoms with E-state index in [0.717, 1.165) is 16.2 Å². The molecular formula is C21H16N2OS. The lowest BCUT2D eigenvalue weighted by molar-refractivity contribution is 0.0749. The number of amides is 1. The summed E-state index contributed by atoms with van der Waals surface area (Å²) in [6.07, 6.45) is 0. The number of nitrogens with zero attached hydrogens (tertiary/aromatic N) is 2. The summed E-state index contributed by atoms with van der Waals surface area (Å²) in [4.78, 5) is 13.0. The van der Waals surface area contributed by atoms with Gasteiger partial charge in [-0.15, -0.1) is 0 Å². The van der Waals surface area contributed by atoms with Gasteiger partial charge in [0, 0.05) is 11.1 Å². The molecule has 4 heteroatoms. The Bertz CT molecular complexity index is 895. The van der Waals surface area contributed by atoms with Crippen molar-refractivity contribution in [2.45, 2.75) is 5.37 Å². The maximum atomic E-state index is 13.0. The Hall–Kier alpha value is -2.85. The van der Waals surface area contributed by atoms with E-state index in [1.807, 2.05) is 91.0 Å². The maximum Gasteiger partial charge on any atom is 0.275 e. The summed E-state index contributed by atoms with van der Waals surface area (Å²) < 4.78 is 0. The SMILES string of the molecule is O=C(c1ccccc1)N1N=C(c2ccccc2)SC1c1ccccc1. The van der Waals surface area contributed by atoms with Crippen LogP contribution in [-0.2, 0) is 0 Å². The summed E-state index contributed by atoms with van der Waals surface area (Å²) in [6.45, 7) is 0. The van der Waals surface area contributed by atoms with Crippen LogP contribution in [0.15, 0.2) is 96.1 Å². The lowest BCUT2D eigenvalue weighted by atomic mass is 10.2. The van der Waals surface area contributed by atoms with Gasteiger partial charge >= 0.3 is 0 Å². The van der Waals surface area contributed by atoms with E-state index in [1.165, 1.54) is 0 Å². The monoisotopic (exact) mass is 344 g/mol. The predicted octanol–water partition coefficient (Wildman–Crippen LogP) is 4.94. The zero-order valence-electron chi connectivity index (χ0n) is 13.4. The lowest BCUT2D eigenvalue weighted by Gasteiger charge is -2.21. The summed E-state index contributed by atoms with van der Waals surface area (Å²) in [7, 11) is 0. The molecule has 1 atom stereocenters. The van der Waals surface area contributed by atoms with E-state index in [0.29, 0.717) is 5.56 Å². The number of thioether (sulfide) groups is 1. The first-order valence-electron chi connectivity index (χ1n) is 8.07. The Morgan fingerprint density at radius 3 is 2.00 bits per heavy atom. The third-order valence-electron chi connectivity index (χ3n) is 3.98. The van der Waals surface area contributed by atoms with E-state index in [4.69, 9.17) is 0 Å². The number of hydrogen-bond donors (Lipinski definition) is 0. The van der Waals surface area contributed by atoms with Crippen molar-refractivity contribution < 1.29 is 4.79 Å². The van der Waals surface area contributed by atoms with Crippen molar-refractivity contribution in [3.8, 4) is 0 Å². The molecule has 0 radical (unpaired) electrons. The molecule has 1 aliphatic rings. The molecule has 0 fully saturated rings. The van der Waals surface area contributed by atoms with E-state index in [9.17, 15) is 4.79 Å². The largest absolute Gasteiger partial charge is 0.275 e. The van der Waals surface area contributed by atoms with Crippen LogP contribution >= 0.6 is 11.8 Å². The van der Waals surface area contributed by atoms with Crippen molar-refractivity contribution in [1.82, 2.24) is 5.01 Å². The molecule has 4 rings (SSSR count). The number of carbonyl (C=O) groups excluding carboxylic acids is 1. The molecule has 3 aromatic carbocycles. The van der Waals surface area contributed by atoms with Crippen LogP contribution in [0, 0.1) is 0 Å². The number of rotatable bonds is 3. The van der Waals surface area contributed by atoms with Crippen LogP contribution in [0.5, 0.6) is 0 Å². The number of benzene rings is 3. The summed E-state index contributed by atoms with van der Waals surface area (Å²) in [6, 6.07) is 29.3. The zero-order valence-corrected chi connectivity index (χ0v) is 14.3. The van der Waals surface area contributed by atoms with Crippen LogP contribution in [0.1, 0.15) is 26.9 Å². The van der Waals surface area contributed by atoms with Gasteiger partial charge in [-0.05, 0) is 17.7 Å². The van der Waals surface area contributed by atoms with Crippen LogP contribution in [0.25, 0.3) is 0 Å². The Balaban J connectivity index is 1.73. The van der Waals surface area contributed by atoms with Crippen LogP contribution in [-0.4, -0.2) is 16.0 Å². The first-order chi connectivity index (χ1) is 12.3. The quantitative estimate of drug-likeness (QED) is 0.674. The third kappa shape index (κ3) is 3.21. The zero-order chi connectivity index (χ0) is 17.1. The Kier molecular flexibility index (Phi) is 4.36. The average molecular weight is 344 g/mol. The molecule has 3 nitrogen and oxygen atoms in total. The van der Waals surface area contributed by atoms with Crippen molar-refractivity contribution in [1.29, 1.82) is 0 Å². The summed E-state index contributed by atoms with van der Waals surface area (Å²) in [5, 5.41) is 6.95. The molecule has 0 spiro atoms. The van der Waals surface area contributed by atoms with Crippen molar-refractivity contribution in [3.63, 3.8) is 0 Å². The molecule has 25 heavy (non-hydrogen) atoms.